The van der Waals surface area contributed by atoms with Crippen molar-refractivity contribution in [2.75, 3.05) is 0 Å². The number of hydrogen-bond acceptors (Lipinski definition) is 19. The van der Waals surface area contributed by atoms with Gasteiger partial charge in [0.25, 0.3) is 5.91 Å². The number of amidine groups is 3. The maximum Gasteiger partial charge on any atom is 1.00 e. The minimum atomic E-state index is -1.17. The molecule has 0 fully saturated rings. The molecule has 10 N–H and O–H groups in total. The van der Waals surface area contributed by atoms with Crippen molar-refractivity contribution in [1.82, 2.24) is 26.6 Å². The number of ketones is 3. The number of esters is 1. The number of carboxylic acid groups (broad SMARTS) is 1. The fourth-order valence-electron chi connectivity index (χ4n) is 12.7. The van der Waals surface area contributed by atoms with E-state index in [1.807, 2.05) is 142 Å². The first-order valence-corrected chi connectivity index (χ1v) is 44.1. The Balaban J connectivity index is 0.000000435. The summed E-state index contributed by atoms with van der Waals surface area (Å²) in [5.74, 6) is -16.0. The molecule has 3 amide bonds. The summed E-state index contributed by atoms with van der Waals surface area (Å²) in [4.78, 5) is 117. The van der Waals surface area contributed by atoms with Gasteiger partial charge in [0, 0.05) is 119 Å². The van der Waals surface area contributed by atoms with Gasteiger partial charge in [-0.25, -0.2) is 57.5 Å². The minimum Gasteiger partial charge on any atom is -0.550 e. The summed E-state index contributed by atoms with van der Waals surface area (Å²) < 4.78 is 171. The normalized spacial score (nSPS) is 14.0. The molecule has 6 atom stereocenters. The van der Waals surface area contributed by atoms with Gasteiger partial charge in [0.15, 0.2) is 12.1 Å². The van der Waals surface area contributed by atoms with Crippen LogP contribution in [-0.2, 0) is 52.6 Å². The Morgan fingerprint density at radius 3 is 1.10 bits per heavy atom. The van der Waals surface area contributed by atoms with Gasteiger partial charge in [-0.2, -0.15) is 0 Å². The molecular weight excluding hydrogens is 1980 g/mol. The number of carbonyl (C=O) groups excluding carboxylic acids is 10. The van der Waals surface area contributed by atoms with Gasteiger partial charge in [-0.3, -0.25) is 53.8 Å². The van der Waals surface area contributed by atoms with Gasteiger partial charge in [0.2, 0.25) is 22.8 Å². The van der Waals surface area contributed by atoms with Crippen LogP contribution >= 0.6 is 46.4 Å². The number of Topliss-reactive ketones (excluding diaryl/α,β-unsaturated/α-hetero) is 3. The molecule has 0 bridgehead atoms. The zero-order valence-corrected chi connectivity index (χ0v) is 84.9. The number of allylic oxidation sites excluding steroid dienone is 3. The molecule has 3 heterocycles. The maximum atomic E-state index is 14.5. The fourth-order valence-corrected chi connectivity index (χ4v) is 13.5. The van der Waals surface area contributed by atoms with Crippen molar-refractivity contribution in [3.05, 3.63) is 387 Å². The summed E-state index contributed by atoms with van der Waals surface area (Å²) in [5.41, 5.74) is 14.6. The molecule has 0 unspecified atom stereocenters. The zero-order valence-electron chi connectivity index (χ0n) is 79.9. The number of carbonyl (C=O) groups is 10. The molecule has 0 aromatic heterocycles. The van der Waals surface area contributed by atoms with Gasteiger partial charge in [0.05, 0.1) is 64.3 Å². The molecule has 3 aliphatic rings. The Hall–Kier alpha value is -13.4. The van der Waals surface area contributed by atoms with Crippen molar-refractivity contribution < 1.29 is 145 Å². The second-order valence-electron chi connectivity index (χ2n) is 31.2. The molecule has 10 aromatic rings. The molecule has 3 aliphatic heterocycles. The van der Waals surface area contributed by atoms with E-state index in [2.05, 4.69) is 48.2 Å². The average molecular weight is 2080 g/mol. The van der Waals surface area contributed by atoms with E-state index in [4.69, 9.17) is 71.1 Å². The van der Waals surface area contributed by atoms with E-state index in [-0.39, 0.29) is 163 Å². The predicted molar refractivity (Wildman–Crippen MR) is 516 cm³/mol. The number of nitrogens with two attached hydrogens (primary N) is 2. The number of benzene rings is 10. The first-order chi connectivity index (χ1) is 66.6. The van der Waals surface area contributed by atoms with E-state index in [1.165, 1.54) is 56.7 Å². The van der Waals surface area contributed by atoms with Crippen molar-refractivity contribution in [3.8, 4) is 0 Å². The van der Waals surface area contributed by atoms with Crippen LogP contribution in [0, 0.1) is 75.2 Å². The third kappa shape index (κ3) is 42.7. The second kappa shape index (κ2) is 60.8. The Morgan fingerprint density at radius 2 is 0.804 bits per heavy atom. The molecule has 40 heteroatoms. The van der Waals surface area contributed by atoms with Gasteiger partial charge in [-0.05, 0) is 146 Å². The molecule has 143 heavy (non-hydrogen) atoms. The quantitative estimate of drug-likeness (QED) is 0.00513. The molecule has 10 aromatic carbocycles. The fraction of sp³-hybridized carbons (Fsp3) is 0.233. The van der Waals surface area contributed by atoms with Crippen molar-refractivity contribution in [2.24, 2.45) is 21.5 Å². The number of aliphatic carboxylic acids is 1. The second-order valence-corrected chi connectivity index (χ2v) is 33.0. The molecule has 0 aliphatic carbocycles. The van der Waals surface area contributed by atoms with E-state index in [1.54, 1.807) is 48.5 Å². The van der Waals surface area contributed by atoms with Crippen molar-refractivity contribution in [1.29, 1.82) is 5.41 Å². The SMILES string of the molecule is CC(=O)CC(=O)N[C@@H](C)c1ccccc1.CC(=O)CC(=O)N[C@@H](C)c1ccccc1.CC(=O)Cl.CC(=O)[O-].CC1=C(C(=O)N[C@@H](C)c2ccccc2)[C@H](c2ccc(F)cc2Cl)N=C(c2c(F)cc(F)cc2F)N1.CC1=CC(=O)OC(C)(C)O1.CCC(=O)C1=C(C)NC(c2c(F)cc(F)cc2F)=N[C@H]1c1ccc(F)cc1Cl.C[C@H](N)c1ccccc1.N=C(N)c1c(F)cc(F)cc1F.O=Cc1ccc(F)cc1Cl.[Na+]. The standard InChI is InChI=1S/C26H20ClF4N3O.C20H15ClF4N2O.2C12H15NO2.C8H11N.C7H4ClFO.C7H5F3N2.C7H10O3.C2H3ClO.C2H4O2.Na/c1-13(15-6-4-3-5-7-15)33-26(35)22-14(2)32-25(23-20(30)11-17(29)12-21(23)31)34-24(22)18-9-8-16(28)10-19(18)27;1-3-16(28)17-9(2)26-20(18-14(24)7-11(23)8-15(18)25)27-19(17)12-5-4-10(22)6-13(12)21;2*1-9(14)8-12(15)13-10(2)11-6-4-3-5-7-11;1-7(9)8-5-3-2-4-6-8;8-7-3-6(9)2-1-5(7)4-10;8-3-1-4(9)6(7(11)12)5(10)2-3;1-5-4-6(8)10-7(2,3)9-5;2*1-2(3)4;/h3-13,24H,1-2H3,(H,32,34)(H,33,35);4-8,19H,3H2,1-2H3,(H,26,27);2*3-7,10H,8H2,1-2H3,(H,13,15);2-7H,9H2,1H3;1-4H;1-2H,(H3,11,12);4H,1-3H3;1H3;1H3,(H,3,4);/q;;;;;;;;;;+1/p-1/t13-,24-;19-;2*10-;7-;;;;;;/m00000....../s1. The van der Waals surface area contributed by atoms with E-state index in [0.29, 0.717) is 65.3 Å². The minimum absolute atomic E-state index is 0. The van der Waals surface area contributed by atoms with E-state index in [0.717, 1.165) is 53.9 Å². The van der Waals surface area contributed by atoms with Crippen LogP contribution in [0.25, 0.3) is 0 Å². The summed E-state index contributed by atoms with van der Waals surface area (Å²) in [7, 11) is 0. The van der Waals surface area contributed by atoms with Crippen molar-refractivity contribution in [3.63, 3.8) is 0 Å². The first-order valence-electron chi connectivity index (χ1n) is 42.6. The third-order valence-electron chi connectivity index (χ3n) is 18.9. The van der Waals surface area contributed by atoms with Crippen LogP contribution in [0.5, 0.6) is 0 Å². The molecule has 0 saturated carbocycles. The molecule has 13 rings (SSSR count). The van der Waals surface area contributed by atoms with Crippen LogP contribution in [0.4, 0.5) is 52.7 Å². The van der Waals surface area contributed by atoms with E-state index in [9.17, 15) is 95.8 Å². The van der Waals surface area contributed by atoms with E-state index >= 15 is 0 Å². The maximum absolute atomic E-state index is 14.5. The van der Waals surface area contributed by atoms with Crippen LogP contribution in [0.1, 0.15) is 213 Å². The number of rotatable bonds is 20. The number of nitrogens with one attached hydrogen (secondary N) is 6. The molecule has 23 nitrogen and oxygen atoms in total. The number of amides is 3. The summed E-state index contributed by atoms with van der Waals surface area (Å²) in [6.07, 6.45) is 1.98. The number of aliphatic imine (C=N–C) groups is 2. The molecule has 754 valence electrons. The number of aldehydes is 1. The van der Waals surface area contributed by atoms with Crippen molar-refractivity contribution >= 4 is 122 Å². The number of ether oxygens (including phenoxy) is 2. The van der Waals surface area contributed by atoms with Crippen LogP contribution in [0.3, 0.4) is 0 Å². The third-order valence-corrected chi connectivity index (χ3v) is 19.9. The zero-order chi connectivity index (χ0) is 107. The van der Waals surface area contributed by atoms with Crippen LogP contribution in [0.15, 0.2) is 257 Å². The molecule has 0 radical (unpaired) electrons. The van der Waals surface area contributed by atoms with Gasteiger partial charge < -0.3 is 57.4 Å². The predicted octanol–water partition coefficient (Wildman–Crippen LogP) is 18.2. The van der Waals surface area contributed by atoms with E-state index < -0.39 is 122 Å². The van der Waals surface area contributed by atoms with Crippen LogP contribution in [-0.4, -0.2) is 81.8 Å². The monoisotopic (exact) mass is 2080 g/mol. The Morgan fingerprint density at radius 1 is 0.490 bits per heavy atom. The number of nitrogen functional groups attached to an aromatic ring is 1. The first kappa shape index (κ1) is 124. The number of halogens is 16. The smallest absolute Gasteiger partial charge is 0.550 e. The summed E-state index contributed by atoms with van der Waals surface area (Å²) >= 11 is 22.5. The number of carboxylic acids is 1. The Labute approximate surface area is 860 Å². The van der Waals surface area contributed by atoms with Crippen LogP contribution < -0.4 is 72.7 Å². The van der Waals surface area contributed by atoms with Crippen LogP contribution in [0.2, 0.25) is 15.1 Å². The van der Waals surface area contributed by atoms with Gasteiger partial charge in [-0.1, -0.05) is 175 Å². The molecule has 0 saturated heterocycles. The van der Waals surface area contributed by atoms with Gasteiger partial charge in [-0.15, -0.1) is 0 Å². The Kier molecular flexibility index (Phi) is 52.6. The van der Waals surface area contributed by atoms with Gasteiger partial charge >= 0.3 is 35.5 Å². The number of hydrogen-bond donors (Lipinski definition) is 8. The summed E-state index contributed by atoms with van der Waals surface area (Å²) in [5, 5.41) is 29.3. The largest absolute Gasteiger partial charge is 1.00 e. The Bertz CT molecular complexity index is 6160. The molecular formula is C103H101Cl4F12N10NaO13. The number of cyclic esters (lactones) is 1. The summed E-state index contributed by atoms with van der Waals surface area (Å²) in [6.45, 7) is 22.5. The van der Waals surface area contributed by atoms with Gasteiger partial charge in [0.1, 0.15) is 117 Å². The van der Waals surface area contributed by atoms with Crippen molar-refractivity contribution in [2.45, 2.75) is 158 Å². The number of nitrogens with zero attached hydrogens (tertiary/aromatic N) is 2. The average Bonchev–Trinajstić information content (AvgIpc) is 0.769. The topological polar surface area (TPSA) is 373 Å². The molecule has 0 spiro atoms. The summed E-state index contributed by atoms with van der Waals surface area (Å²) in [6, 6.07) is 50.0.